The topological polar surface area (TPSA) is 171 Å². The van der Waals surface area contributed by atoms with Crippen molar-refractivity contribution in [2.45, 2.75) is 0 Å². The zero-order valence-corrected chi connectivity index (χ0v) is 17.9. The molecule has 0 aliphatic heterocycles. The second-order valence-electron chi connectivity index (χ2n) is 0. The van der Waals surface area contributed by atoms with Crippen molar-refractivity contribution < 1.29 is 32.9 Å². The first-order chi connectivity index (χ1) is 0. The second-order valence-corrected chi connectivity index (χ2v) is 0. The van der Waals surface area contributed by atoms with Gasteiger partial charge in [0.2, 0.25) is 0 Å². The van der Waals surface area contributed by atoms with Crippen molar-refractivity contribution >= 4 is 103 Å². The molecule has 0 N–H and O–H groups in total. The van der Waals surface area contributed by atoms with E-state index in [0.29, 0.717) is 0 Å². The Kier molecular flexibility index (Phi) is 2780. The summed E-state index contributed by atoms with van der Waals surface area (Å²) in [7, 11) is 0. The van der Waals surface area contributed by atoms with Crippen molar-refractivity contribution in [1.29, 1.82) is 0 Å². The van der Waals surface area contributed by atoms with Crippen molar-refractivity contribution in [3.63, 3.8) is 0 Å². The van der Waals surface area contributed by atoms with E-state index in [-0.39, 0.29) is 136 Å². The van der Waals surface area contributed by atoms with Crippen LogP contribution in [0.25, 0.3) is 0 Å². The SMILES string of the molecule is [In+3].[In+3].[In+3].[In+3].[O-2].[O-2].[O-2].[O-2].[O-2].[O-2]. The van der Waals surface area contributed by atoms with Crippen molar-refractivity contribution in [2.24, 2.45) is 0 Å². The summed E-state index contributed by atoms with van der Waals surface area (Å²) in [5.41, 5.74) is 0. The molecule has 0 aromatic carbocycles. The van der Waals surface area contributed by atoms with Crippen molar-refractivity contribution in [3.05, 3.63) is 0 Å². The molecule has 10 heavy (non-hydrogen) atoms. The third kappa shape index (κ3) is 112. The molecule has 0 spiro atoms. The molecule has 6 nitrogen and oxygen atoms in total. The predicted molar refractivity (Wildman–Crippen MR) is 27.1 cm³/mol. The molecule has 0 amide bonds. The van der Waals surface area contributed by atoms with Crippen LogP contribution in [0.15, 0.2) is 0 Å². The molecule has 0 atom stereocenters. The third-order valence-corrected chi connectivity index (χ3v) is 0. The van der Waals surface area contributed by atoms with Gasteiger partial charge in [0.25, 0.3) is 0 Å². The Bertz CT molecular complexity index is 9.71. The van der Waals surface area contributed by atoms with Gasteiger partial charge in [-0.1, -0.05) is 0 Å². The van der Waals surface area contributed by atoms with Gasteiger partial charge in [0.05, 0.1) is 0 Å². The van der Waals surface area contributed by atoms with Gasteiger partial charge in [0.1, 0.15) is 0 Å². The number of hydrogen-bond donors (Lipinski definition) is 0. The summed E-state index contributed by atoms with van der Waals surface area (Å²) in [6, 6.07) is 0. The quantitative estimate of drug-likeness (QED) is 0.315. The van der Waals surface area contributed by atoms with Crippen LogP contribution in [0.5, 0.6) is 0 Å². The van der Waals surface area contributed by atoms with Crippen LogP contribution >= 0.6 is 0 Å². The van der Waals surface area contributed by atoms with E-state index >= 15 is 0 Å². The Balaban J connectivity index is 0. The average molecular weight is 555 g/mol. The monoisotopic (exact) mass is 556 g/mol. The zero-order chi connectivity index (χ0) is 0. The summed E-state index contributed by atoms with van der Waals surface area (Å²) in [4.78, 5) is 0. The van der Waals surface area contributed by atoms with Gasteiger partial charge in [-0.05, 0) is 0 Å². The molecule has 0 heterocycles. The summed E-state index contributed by atoms with van der Waals surface area (Å²) in [5, 5.41) is 0. The van der Waals surface area contributed by atoms with Crippen molar-refractivity contribution in [1.82, 2.24) is 0 Å². The fourth-order valence-corrected chi connectivity index (χ4v) is 0. The van der Waals surface area contributed by atoms with Crippen LogP contribution in [0.3, 0.4) is 0 Å². The first-order valence-corrected chi connectivity index (χ1v) is 0. The molecule has 0 aromatic rings. The Hall–Kier alpha value is 3.24. The number of rotatable bonds is 0. The van der Waals surface area contributed by atoms with Crippen LogP contribution in [0.1, 0.15) is 0 Å². The fourth-order valence-electron chi connectivity index (χ4n) is 0. The van der Waals surface area contributed by atoms with E-state index < -0.39 is 0 Å². The maximum absolute atomic E-state index is 0. The second kappa shape index (κ2) is 147. The Labute approximate surface area is 134 Å². The molecule has 0 radical (unpaired) electrons. The molecular weight excluding hydrogens is 555 g/mol. The zero-order valence-electron chi connectivity index (χ0n) is 4.76. The minimum atomic E-state index is 0. The van der Waals surface area contributed by atoms with Gasteiger partial charge in [-0.3, -0.25) is 0 Å². The normalized spacial score (nSPS) is 0. The Morgan fingerprint density at radius 1 is 0.200 bits per heavy atom. The van der Waals surface area contributed by atoms with E-state index in [1.807, 2.05) is 0 Å². The fraction of sp³-hybridized carbons (Fsp3) is 0. The van der Waals surface area contributed by atoms with Crippen LogP contribution in [0.2, 0.25) is 0 Å². The number of hydrogen-bond acceptors (Lipinski definition) is 0. The van der Waals surface area contributed by atoms with Crippen LogP contribution < -0.4 is 0 Å². The molecule has 0 saturated heterocycles. The van der Waals surface area contributed by atoms with Gasteiger partial charge in [-0.25, -0.2) is 0 Å². The van der Waals surface area contributed by atoms with E-state index in [1.54, 1.807) is 0 Å². The first-order valence-electron chi connectivity index (χ1n) is 0. The summed E-state index contributed by atoms with van der Waals surface area (Å²) in [5.74, 6) is 0. The van der Waals surface area contributed by atoms with Crippen LogP contribution in [-0.4, -0.2) is 103 Å². The van der Waals surface area contributed by atoms with Crippen LogP contribution in [0.4, 0.5) is 0 Å². The van der Waals surface area contributed by atoms with Crippen molar-refractivity contribution in [2.75, 3.05) is 0 Å². The standard InChI is InChI=1S/4In.6O/q4*+3;6*-2. The van der Waals surface area contributed by atoms with Gasteiger partial charge in [-0.15, -0.1) is 0 Å². The molecule has 0 unspecified atom stereocenters. The molecule has 48 valence electrons. The van der Waals surface area contributed by atoms with E-state index in [0.717, 1.165) is 0 Å². The molecule has 0 aliphatic carbocycles. The van der Waals surface area contributed by atoms with Crippen LogP contribution in [0, 0.1) is 0 Å². The maximum atomic E-state index is 0. The van der Waals surface area contributed by atoms with Crippen LogP contribution in [-0.2, 0) is 32.9 Å². The van der Waals surface area contributed by atoms with Gasteiger partial charge in [0.15, 0.2) is 0 Å². The van der Waals surface area contributed by atoms with Gasteiger partial charge >= 0.3 is 103 Å². The molecule has 0 rings (SSSR count). The molecular formula is In4O6. The minimum absolute atomic E-state index is 0. The molecule has 10 heteroatoms. The largest absolute Gasteiger partial charge is 3.00 e. The van der Waals surface area contributed by atoms with E-state index in [2.05, 4.69) is 0 Å². The third-order valence-electron chi connectivity index (χ3n) is 0. The summed E-state index contributed by atoms with van der Waals surface area (Å²) >= 11 is 0. The minimum Gasteiger partial charge on any atom is -2.00 e. The molecule has 0 aromatic heterocycles. The average Bonchev–Trinajstić information content (AvgIpc) is 0. The Morgan fingerprint density at radius 3 is 0.200 bits per heavy atom. The maximum Gasteiger partial charge on any atom is 3.00 e. The van der Waals surface area contributed by atoms with Gasteiger partial charge < -0.3 is 32.9 Å². The van der Waals surface area contributed by atoms with Gasteiger partial charge in [0, 0.05) is 0 Å². The van der Waals surface area contributed by atoms with E-state index in [1.165, 1.54) is 0 Å². The summed E-state index contributed by atoms with van der Waals surface area (Å²) in [6.45, 7) is 0. The van der Waals surface area contributed by atoms with Crippen molar-refractivity contribution in [3.8, 4) is 0 Å². The summed E-state index contributed by atoms with van der Waals surface area (Å²) < 4.78 is 0. The van der Waals surface area contributed by atoms with E-state index in [4.69, 9.17) is 0 Å². The molecule has 0 aliphatic rings. The van der Waals surface area contributed by atoms with E-state index in [9.17, 15) is 0 Å². The molecule has 0 saturated carbocycles. The smallest absolute Gasteiger partial charge is 2.00 e. The molecule has 0 fully saturated rings. The Morgan fingerprint density at radius 2 is 0.200 bits per heavy atom. The summed E-state index contributed by atoms with van der Waals surface area (Å²) in [6.07, 6.45) is 0. The first kappa shape index (κ1) is 189. The predicted octanol–water partition coefficient (Wildman–Crippen LogP) is -2.24. The van der Waals surface area contributed by atoms with Gasteiger partial charge in [-0.2, -0.15) is 0 Å². The molecule has 0 bridgehead atoms.